The van der Waals surface area contributed by atoms with E-state index in [0.717, 1.165) is 50.7 Å². The summed E-state index contributed by atoms with van der Waals surface area (Å²) in [6.07, 6.45) is 15.1. The largest absolute Gasteiger partial charge is 0.497 e. The van der Waals surface area contributed by atoms with Gasteiger partial charge in [-0.2, -0.15) is 0 Å². The quantitative estimate of drug-likeness (QED) is 0.551. The molecule has 0 aliphatic heterocycles. The van der Waals surface area contributed by atoms with E-state index in [9.17, 15) is 9.59 Å². The van der Waals surface area contributed by atoms with E-state index in [1.807, 2.05) is 0 Å². The van der Waals surface area contributed by atoms with Gasteiger partial charge in [0.1, 0.15) is 11.5 Å². The van der Waals surface area contributed by atoms with E-state index in [1.165, 1.54) is 43.2 Å². The molecule has 3 unspecified atom stereocenters. The van der Waals surface area contributed by atoms with Crippen LogP contribution in [0, 0.1) is 23.2 Å². The standard InChI is InChI=1S/C30H43NO3/c1-30-17-16-25-24-14-12-23(34-2)18-20(24)10-13-26(25)29(30)21(19-27(30)32)11-15-28(33)31-22-8-6-4-3-5-7-9-22/h12,14,18,21-22,25-26,29H,3-11,13,15-17,19H2,1-2H3,(H,31,33)/t21-,25?,26?,29?,30-/m1/s1. The van der Waals surface area contributed by atoms with Crippen molar-refractivity contribution in [3.8, 4) is 5.75 Å². The van der Waals surface area contributed by atoms with E-state index in [0.29, 0.717) is 48.3 Å². The molecule has 1 aromatic rings. The van der Waals surface area contributed by atoms with Gasteiger partial charge >= 0.3 is 0 Å². The van der Waals surface area contributed by atoms with Crippen LogP contribution >= 0.6 is 0 Å². The summed E-state index contributed by atoms with van der Waals surface area (Å²) in [6.45, 7) is 2.24. The molecule has 3 fully saturated rings. The van der Waals surface area contributed by atoms with Crippen LogP contribution in [0.2, 0.25) is 0 Å². The van der Waals surface area contributed by atoms with E-state index < -0.39 is 0 Å². The second-order valence-corrected chi connectivity index (χ2v) is 11.9. The average Bonchev–Trinajstić information content (AvgIpc) is 3.08. The Morgan fingerprint density at radius 3 is 2.62 bits per heavy atom. The van der Waals surface area contributed by atoms with Gasteiger partial charge in [-0.3, -0.25) is 9.59 Å². The Morgan fingerprint density at radius 2 is 1.85 bits per heavy atom. The van der Waals surface area contributed by atoms with Crippen LogP contribution < -0.4 is 10.1 Å². The number of amides is 1. The van der Waals surface area contributed by atoms with E-state index in [2.05, 4.69) is 30.4 Å². The zero-order valence-electron chi connectivity index (χ0n) is 21.2. The third-order valence-electron chi connectivity index (χ3n) is 9.99. The highest BCUT2D eigenvalue weighted by Gasteiger charge is 2.58. The molecule has 5 atom stereocenters. The van der Waals surface area contributed by atoms with Crippen LogP contribution in [-0.4, -0.2) is 24.8 Å². The molecule has 1 N–H and O–H groups in total. The van der Waals surface area contributed by atoms with Crippen molar-refractivity contribution in [1.29, 1.82) is 0 Å². The van der Waals surface area contributed by atoms with Gasteiger partial charge < -0.3 is 10.1 Å². The van der Waals surface area contributed by atoms with Crippen molar-refractivity contribution in [1.82, 2.24) is 5.32 Å². The van der Waals surface area contributed by atoms with E-state index in [4.69, 9.17) is 4.74 Å². The normalized spacial score (nSPS) is 33.8. The van der Waals surface area contributed by atoms with Gasteiger partial charge in [0.15, 0.2) is 0 Å². The molecule has 4 heteroatoms. The molecule has 4 nitrogen and oxygen atoms in total. The number of ketones is 1. The molecule has 0 heterocycles. The van der Waals surface area contributed by atoms with E-state index in [-0.39, 0.29) is 11.3 Å². The maximum atomic E-state index is 13.3. The van der Waals surface area contributed by atoms with Gasteiger partial charge in [-0.1, -0.05) is 45.1 Å². The molecule has 0 spiro atoms. The summed E-state index contributed by atoms with van der Waals surface area (Å²) in [7, 11) is 1.74. The highest BCUT2D eigenvalue weighted by molar-refractivity contribution is 5.88. The van der Waals surface area contributed by atoms with Gasteiger partial charge in [-0.05, 0) is 91.9 Å². The number of Topliss-reactive ketones (excluding diaryl/α,β-unsaturated/α-hetero) is 1. The first kappa shape index (κ1) is 23.9. The van der Waals surface area contributed by atoms with Crippen LogP contribution in [0.25, 0.3) is 0 Å². The highest BCUT2D eigenvalue weighted by Crippen LogP contribution is 2.62. The van der Waals surface area contributed by atoms with E-state index >= 15 is 0 Å². The molecule has 34 heavy (non-hydrogen) atoms. The number of aryl methyl sites for hydroxylation is 1. The molecule has 0 bridgehead atoms. The van der Waals surface area contributed by atoms with Crippen molar-refractivity contribution in [2.24, 2.45) is 23.2 Å². The minimum absolute atomic E-state index is 0.189. The molecule has 3 saturated carbocycles. The third-order valence-corrected chi connectivity index (χ3v) is 9.99. The van der Waals surface area contributed by atoms with Crippen LogP contribution in [-0.2, 0) is 16.0 Å². The monoisotopic (exact) mass is 465 g/mol. The lowest BCUT2D eigenvalue weighted by Crippen LogP contribution is -2.44. The van der Waals surface area contributed by atoms with Crippen molar-refractivity contribution in [2.75, 3.05) is 7.11 Å². The lowest BCUT2D eigenvalue weighted by molar-refractivity contribution is -0.129. The van der Waals surface area contributed by atoms with Crippen LogP contribution in [0.5, 0.6) is 5.75 Å². The van der Waals surface area contributed by atoms with Crippen molar-refractivity contribution in [3.05, 3.63) is 29.3 Å². The van der Waals surface area contributed by atoms with Gasteiger partial charge in [0, 0.05) is 24.3 Å². The summed E-state index contributed by atoms with van der Waals surface area (Å²) in [5, 5.41) is 3.35. The summed E-state index contributed by atoms with van der Waals surface area (Å²) in [5.41, 5.74) is 2.73. The summed E-state index contributed by atoms with van der Waals surface area (Å²) in [5.74, 6) is 3.50. The van der Waals surface area contributed by atoms with Crippen LogP contribution in [0.4, 0.5) is 0 Å². The summed E-state index contributed by atoms with van der Waals surface area (Å²) in [6, 6.07) is 6.96. The molecular formula is C30H43NO3. The summed E-state index contributed by atoms with van der Waals surface area (Å²) < 4.78 is 5.47. The third kappa shape index (κ3) is 4.54. The first-order valence-corrected chi connectivity index (χ1v) is 14.0. The maximum Gasteiger partial charge on any atom is 0.220 e. The van der Waals surface area contributed by atoms with Crippen LogP contribution in [0.1, 0.15) is 107 Å². The SMILES string of the molecule is COc1ccc2c(c1)CCC1C2CC[C@]2(C)C(=O)C[C@@H](CCC(=O)NC3CCCCCCC3)C12. The number of nitrogens with one attached hydrogen (secondary N) is 1. The molecule has 186 valence electrons. The van der Waals surface area contributed by atoms with Crippen molar-refractivity contribution in [3.63, 3.8) is 0 Å². The minimum atomic E-state index is -0.189. The fourth-order valence-electron chi connectivity index (χ4n) is 8.23. The molecule has 0 saturated heterocycles. The minimum Gasteiger partial charge on any atom is -0.497 e. The number of rotatable bonds is 5. The number of ether oxygens (including phenoxy) is 1. The Kier molecular flexibility index (Phi) is 7.04. The number of benzene rings is 1. The fourth-order valence-corrected chi connectivity index (χ4v) is 8.23. The number of hydrogen-bond acceptors (Lipinski definition) is 3. The Balaban J connectivity index is 1.26. The average molecular weight is 466 g/mol. The molecule has 1 amide bonds. The van der Waals surface area contributed by atoms with Gasteiger partial charge in [-0.25, -0.2) is 0 Å². The molecule has 5 rings (SSSR count). The lowest BCUT2D eigenvalue weighted by Gasteiger charge is -2.50. The molecule has 4 aliphatic rings. The topological polar surface area (TPSA) is 55.4 Å². The molecular weight excluding hydrogens is 422 g/mol. The van der Waals surface area contributed by atoms with Gasteiger partial charge in [0.25, 0.3) is 0 Å². The first-order valence-electron chi connectivity index (χ1n) is 14.0. The molecule has 4 aliphatic carbocycles. The van der Waals surface area contributed by atoms with Gasteiger partial charge in [0.05, 0.1) is 7.11 Å². The summed E-state index contributed by atoms with van der Waals surface area (Å²) >= 11 is 0. The zero-order chi connectivity index (χ0) is 23.7. The number of hydrogen-bond donors (Lipinski definition) is 1. The highest BCUT2D eigenvalue weighted by atomic mass is 16.5. The van der Waals surface area contributed by atoms with Crippen LogP contribution in [0.15, 0.2) is 18.2 Å². The Labute approximate surface area is 205 Å². The van der Waals surface area contributed by atoms with Crippen LogP contribution in [0.3, 0.4) is 0 Å². The Morgan fingerprint density at radius 1 is 1.09 bits per heavy atom. The number of carbonyl (C=O) groups is 2. The Bertz CT molecular complexity index is 902. The first-order chi connectivity index (χ1) is 16.5. The lowest BCUT2D eigenvalue weighted by atomic mass is 9.54. The zero-order valence-corrected chi connectivity index (χ0v) is 21.2. The number of fused-ring (bicyclic) bond motifs is 5. The predicted molar refractivity (Wildman–Crippen MR) is 135 cm³/mol. The molecule has 0 aromatic heterocycles. The second kappa shape index (κ2) is 10.0. The molecule has 0 radical (unpaired) electrons. The Hall–Kier alpha value is -1.84. The summed E-state index contributed by atoms with van der Waals surface area (Å²) in [4.78, 5) is 26.1. The predicted octanol–water partition coefficient (Wildman–Crippen LogP) is 6.36. The van der Waals surface area contributed by atoms with Gasteiger partial charge in [0.2, 0.25) is 5.91 Å². The smallest absolute Gasteiger partial charge is 0.220 e. The number of methoxy groups -OCH3 is 1. The number of carbonyl (C=O) groups excluding carboxylic acids is 2. The van der Waals surface area contributed by atoms with Crippen molar-refractivity contribution < 1.29 is 14.3 Å². The molecule has 1 aromatic carbocycles. The fraction of sp³-hybridized carbons (Fsp3) is 0.733. The van der Waals surface area contributed by atoms with Crippen molar-refractivity contribution in [2.45, 2.75) is 109 Å². The van der Waals surface area contributed by atoms with Crippen molar-refractivity contribution >= 4 is 11.7 Å². The van der Waals surface area contributed by atoms with E-state index in [1.54, 1.807) is 7.11 Å². The maximum absolute atomic E-state index is 13.3. The second-order valence-electron chi connectivity index (χ2n) is 11.9. The van der Waals surface area contributed by atoms with Gasteiger partial charge in [-0.15, -0.1) is 0 Å².